The molecule has 0 radical (unpaired) electrons. The van der Waals surface area contributed by atoms with Gasteiger partial charge >= 0.3 is 0 Å². The second kappa shape index (κ2) is 6.18. The molecule has 3 rings (SSSR count). The van der Waals surface area contributed by atoms with E-state index < -0.39 is 10.1 Å². The van der Waals surface area contributed by atoms with E-state index in [1.165, 1.54) is 12.8 Å². The van der Waals surface area contributed by atoms with Gasteiger partial charge in [0.25, 0.3) is 10.1 Å². The minimum absolute atomic E-state index is 0.0413. The minimum Gasteiger partial charge on any atom is -0.378 e. The fourth-order valence-corrected chi connectivity index (χ4v) is 6.80. The zero-order chi connectivity index (χ0) is 18.7. The molecule has 6 atom stereocenters. The molecule has 0 saturated heterocycles. The van der Waals surface area contributed by atoms with Crippen LogP contribution in [0, 0.1) is 34.5 Å². The highest BCUT2D eigenvalue weighted by Gasteiger charge is 2.69. The molecule has 0 aromatic rings. The van der Waals surface area contributed by atoms with E-state index in [-0.39, 0.29) is 16.8 Å². The Morgan fingerprint density at radius 2 is 1.72 bits per heavy atom. The molecule has 5 nitrogen and oxygen atoms in total. The number of fused-ring (bicyclic) bond motifs is 3. The van der Waals surface area contributed by atoms with Gasteiger partial charge < -0.3 is 10.1 Å². The molecule has 3 aliphatic carbocycles. The van der Waals surface area contributed by atoms with Gasteiger partial charge in [-0.3, -0.25) is 4.55 Å². The molecule has 6 heteroatoms. The second-order valence-corrected chi connectivity index (χ2v) is 11.4. The summed E-state index contributed by atoms with van der Waals surface area (Å²) in [6.45, 7) is 10.6. The SMILES string of the molecule is CO[C@]1(C)CC[C@H]2[C@@H]([C@@H]3[C@H]1CC[C@@]3(C)CNCCS(=O)(=O)O)C2(C)C. The van der Waals surface area contributed by atoms with Crippen LogP contribution in [0.4, 0.5) is 0 Å². The predicted octanol–water partition coefficient (Wildman–Crippen LogP) is 2.97. The Bertz CT molecular complexity index is 619. The van der Waals surface area contributed by atoms with Crippen LogP contribution in [0.2, 0.25) is 0 Å². The lowest BCUT2D eigenvalue weighted by Crippen LogP contribution is -2.45. The van der Waals surface area contributed by atoms with Crippen molar-refractivity contribution >= 4 is 10.1 Å². The third kappa shape index (κ3) is 3.40. The number of ether oxygens (including phenoxy) is 1. The van der Waals surface area contributed by atoms with Crippen LogP contribution in [0.3, 0.4) is 0 Å². The van der Waals surface area contributed by atoms with Crippen LogP contribution < -0.4 is 5.32 Å². The topological polar surface area (TPSA) is 75.6 Å². The summed E-state index contributed by atoms with van der Waals surface area (Å²) in [5.41, 5.74) is 0.531. The largest absolute Gasteiger partial charge is 0.378 e. The van der Waals surface area contributed by atoms with Crippen molar-refractivity contribution in [1.29, 1.82) is 0 Å². The third-order valence-corrected chi connectivity index (χ3v) is 8.78. The van der Waals surface area contributed by atoms with Gasteiger partial charge in [-0.05, 0) is 67.1 Å². The van der Waals surface area contributed by atoms with Crippen LogP contribution in [-0.4, -0.2) is 44.5 Å². The van der Waals surface area contributed by atoms with Crippen molar-refractivity contribution in [3.05, 3.63) is 0 Å². The Hall–Kier alpha value is -0.170. The van der Waals surface area contributed by atoms with Gasteiger partial charge in [0.1, 0.15) is 0 Å². The van der Waals surface area contributed by atoms with Gasteiger partial charge in [-0.2, -0.15) is 8.42 Å². The summed E-state index contributed by atoms with van der Waals surface area (Å²) in [4.78, 5) is 0. The number of nitrogens with one attached hydrogen (secondary N) is 1. The molecule has 0 aromatic heterocycles. The molecule has 0 aliphatic heterocycles. The molecule has 25 heavy (non-hydrogen) atoms. The van der Waals surface area contributed by atoms with E-state index in [0.717, 1.165) is 31.2 Å². The normalized spacial score (nSPS) is 45.5. The smallest absolute Gasteiger partial charge is 0.266 e. The van der Waals surface area contributed by atoms with Crippen molar-refractivity contribution in [3.8, 4) is 0 Å². The first-order valence-electron chi connectivity index (χ1n) is 9.66. The van der Waals surface area contributed by atoms with E-state index in [4.69, 9.17) is 9.29 Å². The van der Waals surface area contributed by atoms with E-state index in [2.05, 4.69) is 33.0 Å². The summed E-state index contributed by atoms with van der Waals surface area (Å²) in [5, 5.41) is 3.31. The lowest BCUT2D eigenvalue weighted by molar-refractivity contribution is -0.0725. The lowest BCUT2D eigenvalue weighted by Gasteiger charge is -2.42. The highest BCUT2D eigenvalue weighted by atomic mass is 32.2. The molecule has 0 heterocycles. The van der Waals surface area contributed by atoms with Crippen molar-refractivity contribution < 1.29 is 17.7 Å². The fraction of sp³-hybridized carbons (Fsp3) is 1.00. The maximum absolute atomic E-state index is 10.9. The standard InChI is InChI=1S/C19H35NO4S/c1-17(2)13-7-9-19(4,24-5)14-6-8-18(3,16(14)15(13)17)12-20-10-11-25(21,22)23/h13-16,20H,6-12H2,1-5H3,(H,21,22,23)/t13-,14+,15-,16-,18-,19+/m0/s1. The van der Waals surface area contributed by atoms with E-state index >= 15 is 0 Å². The molecule has 3 aliphatic rings. The number of hydrogen-bond acceptors (Lipinski definition) is 4. The molecular formula is C19H35NO4S. The number of rotatable bonds is 6. The van der Waals surface area contributed by atoms with Crippen molar-refractivity contribution in [2.24, 2.45) is 34.5 Å². The molecule has 0 bridgehead atoms. The Kier molecular flexibility index (Phi) is 4.84. The second-order valence-electron chi connectivity index (χ2n) is 9.80. The summed E-state index contributed by atoms with van der Waals surface area (Å²) in [6.07, 6.45) is 4.73. The predicted molar refractivity (Wildman–Crippen MR) is 99.0 cm³/mol. The third-order valence-electron chi connectivity index (χ3n) is 8.06. The molecule has 146 valence electrons. The molecule has 3 saturated carbocycles. The molecule has 0 spiro atoms. The molecule has 3 fully saturated rings. The molecule has 2 N–H and O–H groups in total. The van der Waals surface area contributed by atoms with Gasteiger partial charge in [-0.25, -0.2) is 0 Å². The van der Waals surface area contributed by atoms with Gasteiger partial charge in [0.2, 0.25) is 0 Å². The van der Waals surface area contributed by atoms with Crippen molar-refractivity contribution in [1.82, 2.24) is 5.32 Å². The van der Waals surface area contributed by atoms with Gasteiger partial charge in [0.15, 0.2) is 0 Å². The molecule has 0 aromatic carbocycles. The Balaban J connectivity index is 1.77. The van der Waals surface area contributed by atoms with E-state index in [0.29, 0.717) is 23.8 Å². The maximum Gasteiger partial charge on any atom is 0.266 e. The van der Waals surface area contributed by atoms with Crippen LogP contribution in [-0.2, 0) is 14.9 Å². The maximum atomic E-state index is 10.9. The average molecular weight is 374 g/mol. The van der Waals surface area contributed by atoms with E-state index in [9.17, 15) is 8.42 Å². The molecule has 0 unspecified atom stereocenters. The molecule has 0 amide bonds. The summed E-state index contributed by atoms with van der Waals surface area (Å²) in [7, 11) is -2.03. The van der Waals surface area contributed by atoms with Crippen LogP contribution >= 0.6 is 0 Å². The van der Waals surface area contributed by atoms with Crippen LogP contribution in [0.25, 0.3) is 0 Å². The minimum atomic E-state index is -3.90. The molecular weight excluding hydrogens is 338 g/mol. The quantitative estimate of drug-likeness (QED) is 0.553. The van der Waals surface area contributed by atoms with Gasteiger partial charge in [-0.1, -0.05) is 20.8 Å². The van der Waals surface area contributed by atoms with E-state index in [1.54, 1.807) is 0 Å². The van der Waals surface area contributed by atoms with E-state index in [1.807, 2.05) is 7.11 Å². The van der Waals surface area contributed by atoms with Gasteiger partial charge in [0.05, 0.1) is 11.4 Å². The lowest BCUT2D eigenvalue weighted by atomic mass is 9.68. The van der Waals surface area contributed by atoms with Crippen molar-refractivity contribution in [2.75, 3.05) is 26.0 Å². The highest BCUT2D eigenvalue weighted by molar-refractivity contribution is 7.85. The first-order valence-corrected chi connectivity index (χ1v) is 11.3. The zero-order valence-corrected chi connectivity index (χ0v) is 17.2. The fourth-order valence-electron chi connectivity index (χ4n) is 6.40. The Morgan fingerprint density at radius 1 is 1.08 bits per heavy atom. The Labute approximate surface area is 153 Å². The summed E-state index contributed by atoms with van der Waals surface area (Å²) in [5.74, 6) is 2.49. The first-order chi connectivity index (χ1) is 11.4. The summed E-state index contributed by atoms with van der Waals surface area (Å²) >= 11 is 0. The van der Waals surface area contributed by atoms with Crippen LogP contribution in [0.15, 0.2) is 0 Å². The number of methoxy groups -OCH3 is 1. The summed E-state index contributed by atoms with van der Waals surface area (Å²) in [6, 6.07) is 0. The average Bonchev–Trinajstić information content (AvgIpc) is 2.92. The zero-order valence-electron chi connectivity index (χ0n) is 16.3. The Morgan fingerprint density at radius 3 is 2.32 bits per heavy atom. The van der Waals surface area contributed by atoms with Crippen LogP contribution in [0.5, 0.6) is 0 Å². The highest BCUT2D eigenvalue weighted by Crippen LogP contribution is 2.73. The van der Waals surface area contributed by atoms with Crippen molar-refractivity contribution in [3.63, 3.8) is 0 Å². The van der Waals surface area contributed by atoms with Crippen LogP contribution in [0.1, 0.15) is 53.4 Å². The number of hydrogen-bond donors (Lipinski definition) is 2. The van der Waals surface area contributed by atoms with Crippen molar-refractivity contribution in [2.45, 2.75) is 59.0 Å². The van der Waals surface area contributed by atoms with Gasteiger partial charge in [0, 0.05) is 20.2 Å². The van der Waals surface area contributed by atoms with Gasteiger partial charge in [-0.15, -0.1) is 0 Å². The summed E-state index contributed by atoms with van der Waals surface area (Å²) < 4.78 is 36.9. The first kappa shape index (κ1) is 19.6. The monoisotopic (exact) mass is 373 g/mol.